The zero-order valence-corrected chi connectivity index (χ0v) is 11.2. The maximum absolute atomic E-state index is 9.32. The molecular weight excluding hydrogens is 228 g/mol. The molecule has 0 bridgehead atoms. The minimum absolute atomic E-state index is 0.289. The van der Waals surface area contributed by atoms with Gasteiger partial charge in [0.15, 0.2) is 0 Å². The monoisotopic (exact) mass is 252 g/mol. The molecule has 5 heteroatoms. The molecule has 1 aromatic rings. The molecule has 0 aliphatic carbocycles. The number of rotatable bonds is 6. The van der Waals surface area contributed by atoms with Crippen LogP contribution in [0.15, 0.2) is 6.20 Å². The van der Waals surface area contributed by atoms with E-state index < -0.39 is 0 Å². The highest BCUT2D eigenvalue weighted by Gasteiger charge is 2.20. The summed E-state index contributed by atoms with van der Waals surface area (Å²) in [6.45, 7) is 6.15. The van der Waals surface area contributed by atoms with E-state index in [1.54, 1.807) is 0 Å². The Morgan fingerprint density at radius 1 is 1.56 bits per heavy atom. The molecule has 1 fully saturated rings. The summed E-state index contributed by atoms with van der Waals surface area (Å²) in [6, 6.07) is 0.367. The number of aromatic amines is 1. The van der Waals surface area contributed by atoms with E-state index in [1.807, 2.05) is 13.1 Å². The number of aliphatic hydroxyl groups is 1. The van der Waals surface area contributed by atoms with Crippen LogP contribution >= 0.6 is 0 Å². The first-order chi connectivity index (χ1) is 8.79. The quantitative estimate of drug-likeness (QED) is 0.651. The molecular formula is C13H24N4O. The summed E-state index contributed by atoms with van der Waals surface area (Å²) in [5.41, 5.74) is 1.10. The van der Waals surface area contributed by atoms with E-state index >= 15 is 0 Å². The Morgan fingerprint density at radius 3 is 3.17 bits per heavy atom. The third kappa shape index (κ3) is 3.80. The molecule has 1 aliphatic rings. The molecule has 0 radical (unpaired) electrons. The summed E-state index contributed by atoms with van der Waals surface area (Å²) < 4.78 is 0. The minimum atomic E-state index is 0.289. The van der Waals surface area contributed by atoms with Crippen LogP contribution < -0.4 is 5.32 Å². The van der Waals surface area contributed by atoms with Gasteiger partial charge < -0.3 is 15.4 Å². The molecule has 1 saturated heterocycles. The number of imidazole rings is 1. The zero-order chi connectivity index (χ0) is 12.8. The summed E-state index contributed by atoms with van der Waals surface area (Å²) in [5.74, 6) is 0.991. The summed E-state index contributed by atoms with van der Waals surface area (Å²) >= 11 is 0. The Morgan fingerprint density at radius 2 is 2.44 bits per heavy atom. The number of nitrogens with zero attached hydrogens (tertiary/aromatic N) is 2. The van der Waals surface area contributed by atoms with Crippen molar-refractivity contribution in [3.8, 4) is 0 Å². The summed E-state index contributed by atoms with van der Waals surface area (Å²) in [7, 11) is 0. The number of aromatic nitrogens is 2. The third-order valence-corrected chi connectivity index (χ3v) is 3.58. The normalized spacial score (nSPS) is 21.3. The van der Waals surface area contributed by atoms with Crippen LogP contribution in [0.5, 0.6) is 0 Å². The van der Waals surface area contributed by atoms with Gasteiger partial charge in [-0.1, -0.05) is 6.42 Å². The van der Waals surface area contributed by atoms with Crippen LogP contribution in [0.4, 0.5) is 0 Å². The number of likely N-dealkylation sites (tertiary alicyclic amines) is 1. The number of hydrogen-bond donors (Lipinski definition) is 3. The van der Waals surface area contributed by atoms with Gasteiger partial charge in [0.1, 0.15) is 5.82 Å². The van der Waals surface area contributed by atoms with Gasteiger partial charge in [-0.3, -0.25) is 4.90 Å². The lowest BCUT2D eigenvalue weighted by Gasteiger charge is -2.34. The fourth-order valence-corrected chi connectivity index (χ4v) is 2.55. The predicted octanol–water partition coefficient (Wildman–Crippen LogP) is 0.655. The Labute approximate surface area is 109 Å². The lowest BCUT2D eigenvalue weighted by molar-refractivity contribution is 0.0909. The summed E-state index contributed by atoms with van der Waals surface area (Å²) in [4.78, 5) is 9.86. The van der Waals surface area contributed by atoms with Gasteiger partial charge in [0.25, 0.3) is 0 Å². The number of aryl methyl sites for hydroxylation is 1. The Balaban J connectivity index is 1.65. The van der Waals surface area contributed by atoms with Crippen molar-refractivity contribution in [2.24, 2.45) is 0 Å². The van der Waals surface area contributed by atoms with E-state index in [0.29, 0.717) is 6.04 Å². The Hall–Kier alpha value is -0.910. The maximum Gasteiger partial charge on any atom is 0.120 e. The standard InChI is InChI=1S/C13H24N4O/c1-11-8-15-13(16-11)9-14-5-7-17-6-3-2-4-12(17)10-18/h8,12,14,18H,2-7,9-10H2,1H3,(H,15,16). The van der Waals surface area contributed by atoms with E-state index in [4.69, 9.17) is 0 Å². The van der Waals surface area contributed by atoms with Gasteiger partial charge in [-0.15, -0.1) is 0 Å². The lowest BCUT2D eigenvalue weighted by atomic mass is 10.0. The van der Waals surface area contributed by atoms with Crippen LogP contribution in [-0.4, -0.2) is 52.3 Å². The highest BCUT2D eigenvalue weighted by molar-refractivity contribution is 4.97. The molecule has 2 heterocycles. The van der Waals surface area contributed by atoms with E-state index in [-0.39, 0.29) is 6.61 Å². The first-order valence-corrected chi connectivity index (χ1v) is 6.85. The molecule has 1 atom stereocenters. The highest BCUT2D eigenvalue weighted by Crippen LogP contribution is 2.15. The largest absolute Gasteiger partial charge is 0.395 e. The molecule has 3 N–H and O–H groups in total. The number of aliphatic hydroxyl groups excluding tert-OH is 1. The fraction of sp³-hybridized carbons (Fsp3) is 0.769. The Bertz CT molecular complexity index is 353. The van der Waals surface area contributed by atoms with Gasteiger partial charge in [0, 0.05) is 31.0 Å². The van der Waals surface area contributed by atoms with Gasteiger partial charge in [-0.05, 0) is 26.3 Å². The zero-order valence-electron chi connectivity index (χ0n) is 11.2. The average Bonchev–Trinajstić information content (AvgIpc) is 2.81. The van der Waals surface area contributed by atoms with Crippen molar-refractivity contribution in [1.82, 2.24) is 20.2 Å². The molecule has 1 unspecified atom stereocenters. The molecule has 0 aromatic carbocycles. The van der Waals surface area contributed by atoms with Crippen molar-refractivity contribution in [3.05, 3.63) is 17.7 Å². The van der Waals surface area contributed by atoms with Crippen LogP contribution in [-0.2, 0) is 6.54 Å². The van der Waals surface area contributed by atoms with Crippen molar-refractivity contribution in [2.45, 2.75) is 38.8 Å². The van der Waals surface area contributed by atoms with Crippen LogP contribution in [0.1, 0.15) is 30.8 Å². The van der Waals surface area contributed by atoms with Gasteiger partial charge in [-0.25, -0.2) is 4.98 Å². The average molecular weight is 252 g/mol. The van der Waals surface area contributed by atoms with Crippen LogP contribution in [0.3, 0.4) is 0 Å². The second-order valence-electron chi connectivity index (χ2n) is 5.06. The van der Waals surface area contributed by atoms with E-state index in [1.165, 1.54) is 12.8 Å². The van der Waals surface area contributed by atoms with Crippen molar-refractivity contribution in [1.29, 1.82) is 0 Å². The van der Waals surface area contributed by atoms with E-state index in [9.17, 15) is 5.11 Å². The summed E-state index contributed by atoms with van der Waals surface area (Å²) in [6.07, 6.45) is 5.49. The van der Waals surface area contributed by atoms with Gasteiger partial charge >= 0.3 is 0 Å². The van der Waals surface area contributed by atoms with Gasteiger partial charge in [0.2, 0.25) is 0 Å². The van der Waals surface area contributed by atoms with Crippen molar-refractivity contribution < 1.29 is 5.11 Å². The number of piperidine rings is 1. The van der Waals surface area contributed by atoms with Crippen molar-refractivity contribution in [3.63, 3.8) is 0 Å². The lowest BCUT2D eigenvalue weighted by Crippen LogP contribution is -2.44. The number of nitrogens with one attached hydrogen (secondary N) is 2. The first kappa shape index (κ1) is 13.5. The second kappa shape index (κ2) is 6.87. The van der Waals surface area contributed by atoms with E-state index in [0.717, 1.165) is 44.1 Å². The SMILES string of the molecule is Cc1cnc(CNCCN2CCCCC2CO)[nH]1. The third-order valence-electron chi connectivity index (χ3n) is 3.58. The number of H-pyrrole nitrogens is 1. The smallest absolute Gasteiger partial charge is 0.120 e. The molecule has 2 rings (SSSR count). The van der Waals surface area contributed by atoms with Crippen LogP contribution in [0.25, 0.3) is 0 Å². The van der Waals surface area contributed by atoms with Gasteiger partial charge in [-0.2, -0.15) is 0 Å². The molecule has 5 nitrogen and oxygen atoms in total. The topological polar surface area (TPSA) is 64.2 Å². The predicted molar refractivity (Wildman–Crippen MR) is 71.3 cm³/mol. The molecule has 18 heavy (non-hydrogen) atoms. The molecule has 102 valence electrons. The molecule has 0 saturated carbocycles. The minimum Gasteiger partial charge on any atom is -0.395 e. The maximum atomic E-state index is 9.32. The van der Waals surface area contributed by atoms with Crippen LogP contribution in [0, 0.1) is 6.92 Å². The van der Waals surface area contributed by atoms with Crippen LogP contribution in [0.2, 0.25) is 0 Å². The molecule has 0 spiro atoms. The van der Waals surface area contributed by atoms with Crippen molar-refractivity contribution in [2.75, 3.05) is 26.2 Å². The van der Waals surface area contributed by atoms with Gasteiger partial charge in [0.05, 0.1) is 13.2 Å². The fourth-order valence-electron chi connectivity index (χ4n) is 2.55. The van der Waals surface area contributed by atoms with E-state index in [2.05, 4.69) is 20.2 Å². The Kier molecular flexibility index (Phi) is 5.16. The second-order valence-corrected chi connectivity index (χ2v) is 5.06. The summed E-state index contributed by atoms with van der Waals surface area (Å²) in [5, 5.41) is 12.7. The van der Waals surface area contributed by atoms with Crippen molar-refractivity contribution >= 4 is 0 Å². The number of hydrogen-bond acceptors (Lipinski definition) is 4. The first-order valence-electron chi connectivity index (χ1n) is 6.85. The highest BCUT2D eigenvalue weighted by atomic mass is 16.3. The molecule has 1 aliphatic heterocycles. The molecule has 1 aromatic heterocycles. The molecule has 0 amide bonds.